The first-order valence-corrected chi connectivity index (χ1v) is 10.1. The topological polar surface area (TPSA) is 57.2 Å². The van der Waals surface area contributed by atoms with Gasteiger partial charge in [-0.25, -0.2) is 0 Å². The summed E-state index contributed by atoms with van der Waals surface area (Å²) in [5.74, 6) is 2.22. The molecule has 3 rings (SSSR count). The van der Waals surface area contributed by atoms with Gasteiger partial charge >= 0.3 is 0 Å². The Labute approximate surface area is 163 Å². The molecule has 0 saturated heterocycles. The van der Waals surface area contributed by atoms with E-state index in [0.29, 0.717) is 17.9 Å². The largest absolute Gasteiger partial charge is 0.461 e. The summed E-state index contributed by atoms with van der Waals surface area (Å²) in [4.78, 5) is 14.3. The number of hydrogen-bond acceptors (Lipinski definition) is 4. The van der Waals surface area contributed by atoms with Gasteiger partial charge in [0.05, 0.1) is 17.4 Å². The van der Waals surface area contributed by atoms with Gasteiger partial charge in [0.2, 0.25) is 5.91 Å². The van der Waals surface area contributed by atoms with E-state index in [9.17, 15) is 4.79 Å². The summed E-state index contributed by atoms with van der Waals surface area (Å²) >= 11 is 1.58. The van der Waals surface area contributed by atoms with Crippen LogP contribution >= 0.6 is 11.8 Å². The maximum absolute atomic E-state index is 12.5. The fourth-order valence-corrected chi connectivity index (χ4v) is 3.90. The van der Waals surface area contributed by atoms with Crippen LogP contribution in [0.1, 0.15) is 29.4 Å². The van der Waals surface area contributed by atoms with Gasteiger partial charge in [0, 0.05) is 36.7 Å². The molecule has 4 nitrogen and oxygen atoms in total. The monoisotopic (exact) mass is 378 g/mol. The van der Waals surface area contributed by atoms with Crippen molar-refractivity contribution in [2.45, 2.75) is 25.6 Å². The Morgan fingerprint density at radius 3 is 2.63 bits per heavy atom. The molecule has 5 heteroatoms. The van der Waals surface area contributed by atoms with Crippen LogP contribution in [0.2, 0.25) is 0 Å². The Hall–Kier alpha value is -2.71. The molecule has 0 aliphatic carbocycles. The predicted octanol–water partition coefficient (Wildman–Crippen LogP) is 4.76. The summed E-state index contributed by atoms with van der Waals surface area (Å²) in [7, 11) is 1.84. The van der Waals surface area contributed by atoms with E-state index in [1.165, 1.54) is 0 Å². The average Bonchev–Trinajstić information content (AvgIpc) is 3.06. The molecule has 0 bridgehead atoms. The Kier molecular flexibility index (Phi) is 6.20. The number of carbonyl (C=O) groups is 1. The number of hydrogen-bond donors (Lipinski definition) is 0. The van der Waals surface area contributed by atoms with Crippen molar-refractivity contribution in [2.75, 3.05) is 12.8 Å². The minimum absolute atomic E-state index is 0.0981. The first-order chi connectivity index (χ1) is 13.1. The van der Waals surface area contributed by atoms with E-state index in [1.807, 2.05) is 43.4 Å². The van der Waals surface area contributed by atoms with E-state index >= 15 is 0 Å². The molecule has 1 heterocycles. The fourth-order valence-electron chi connectivity index (χ4n) is 2.98. The summed E-state index contributed by atoms with van der Waals surface area (Å²) in [6, 6.07) is 17.6. The van der Waals surface area contributed by atoms with Crippen LogP contribution in [0.5, 0.6) is 0 Å². The van der Waals surface area contributed by atoms with Crippen LogP contribution in [0.3, 0.4) is 0 Å². The van der Waals surface area contributed by atoms with Crippen molar-refractivity contribution in [3.63, 3.8) is 0 Å². The molecule has 0 radical (unpaired) electrons. The van der Waals surface area contributed by atoms with Gasteiger partial charge in [-0.2, -0.15) is 5.26 Å². The number of furan rings is 1. The van der Waals surface area contributed by atoms with Crippen molar-refractivity contribution in [1.82, 2.24) is 4.90 Å². The maximum Gasteiger partial charge on any atom is 0.232 e. The minimum Gasteiger partial charge on any atom is -0.461 e. The van der Waals surface area contributed by atoms with Crippen molar-refractivity contribution in [2.24, 2.45) is 0 Å². The van der Waals surface area contributed by atoms with Crippen molar-refractivity contribution in [1.29, 1.82) is 5.26 Å². The highest BCUT2D eigenvalue weighted by atomic mass is 32.2. The maximum atomic E-state index is 12.5. The summed E-state index contributed by atoms with van der Waals surface area (Å²) in [5.41, 5.74) is 3.74. The molecule has 0 fully saturated rings. The molecule has 0 N–H and O–H groups in total. The molecule has 0 spiro atoms. The van der Waals surface area contributed by atoms with Gasteiger partial charge in [-0.3, -0.25) is 4.79 Å². The predicted molar refractivity (Wildman–Crippen MR) is 109 cm³/mol. The van der Waals surface area contributed by atoms with E-state index in [2.05, 4.69) is 13.0 Å². The molecule has 1 amide bonds. The van der Waals surface area contributed by atoms with Crippen molar-refractivity contribution in [3.8, 4) is 6.07 Å². The Bertz CT molecular complexity index is 970. The Morgan fingerprint density at radius 1 is 1.19 bits per heavy atom. The smallest absolute Gasteiger partial charge is 0.232 e. The SMILES string of the molecule is CCc1oc2ccccc2c1CN(C)C(=O)CSCc1ccc(C#N)cc1. The van der Waals surface area contributed by atoms with E-state index in [4.69, 9.17) is 9.68 Å². The lowest BCUT2D eigenvalue weighted by Gasteiger charge is -2.17. The zero-order chi connectivity index (χ0) is 19.2. The van der Waals surface area contributed by atoms with Crippen LogP contribution in [0.25, 0.3) is 11.0 Å². The van der Waals surface area contributed by atoms with Gasteiger partial charge in [-0.15, -0.1) is 11.8 Å². The number of nitriles is 1. The average molecular weight is 378 g/mol. The third-order valence-electron chi connectivity index (χ3n) is 4.50. The van der Waals surface area contributed by atoms with Gasteiger partial charge < -0.3 is 9.32 Å². The third kappa shape index (κ3) is 4.53. The van der Waals surface area contributed by atoms with Crippen molar-refractivity contribution < 1.29 is 9.21 Å². The molecular formula is C22H22N2O2S. The molecule has 3 aromatic rings. The lowest BCUT2D eigenvalue weighted by Crippen LogP contribution is -2.28. The first kappa shape index (κ1) is 19.1. The molecule has 1 aromatic heterocycles. The molecule has 0 aliphatic rings. The highest BCUT2D eigenvalue weighted by molar-refractivity contribution is 7.99. The normalized spacial score (nSPS) is 10.7. The molecule has 0 unspecified atom stereocenters. The summed E-state index contributed by atoms with van der Waals surface area (Å²) in [5, 5.41) is 9.92. The zero-order valence-electron chi connectivity index (χ0n) is 15.6. The minimum atomic E-state index is 0.0981. The van der Waals surface area contributed by atoms with Crippen LogP contribution in [0, 0.1) is 11.3 Å². The van der Waals surface area contributed by atoms with Gasteiger partial charge in [0.15, 0.2) is 0 Å². The summed E-state index contributed by atoms with van der Waals surface area (Å²) in [6.07, 6.45) is 0.805. The molecule has 138 valence electrons. The number of para-hydroxylation sites is 1. The molecule has 2 aromatic carbocycles. The number of aryl methyl sites for hydroxylation is 1. The number of amides is 1. The van der Waals surface area contributed by atoms with Crippen LogP contribution in [0.4, 0.5) is 0 Å². The summed E-state index contributed by atoms with van der Waals surface area (Å²) < 4.78 is 5.92. The van der Waals surface area contributed by atoms with Gasteiger partial charge in [0.25, 0.3) is 0 Å². The Morgan fingerprint density at radius 2 is 1.93 bits per heavy atom. The second-order valence-corrected chi connectivity index (χ2v) is 7.39. The lowest BCUT2D eigenvalue weighted by molar-refractivity contribution is -0.127. The quantitative estimate of drug-likeness (QED) is 0.595. The van der Waals surface area contributed by atoms with Gasteiger partial charge in [0.1, 0.15) is 11.3 Å². The van der Waals surface area contributed by atoms with E-state index in [0.717, 1.165) is 40.0 Å². The Balaban J connectivity index is 1.58. The van der Waals surface area contributed by atoms with E-state index < -0.39 is 0 Å². The standard InChI is InChI=1S/C22H22N2O2S/c1-3-20-19(18-6-4-5-7-21(18)26-20)13-24(2)22(25)15-27-14-17-10-8-16(12-23)9-11-17/h4-11H,3,13-15H2,1-2H3. The molecule has 0 atom stereocenters. The highest BCUT2D eigenvalue weighted by Crippen LogP contribution is 2.27. The van der Waals surface area contributed by atoms with Gasteiger partial charge in [-0.1, -0.05) is 37.3 Å². The molecular weight excluding hydrogens is 356 g/mol. The second kappa shape index (κ2) is 8.79. The first-order valence-electron chi connectivity index (χ1n) is 8.92. The zero-order valence-corrected chi connectivity index (χ0v) is 16.4. The molecule has 0 saturated carbocycles. The van der Waals surface area contributed by atoms with Crippen LogP contribution in [0.15, 0.2) is 52.9 Å². The van der Waals surface area contributed by atoms with Crippen LogP contribution in [-0.2, 0) is 23.5 Å². The fraction of sp³-hybridized carbons (Fsp3) is 0.273. The second-order valence-electron chi connectivity index (χ2n) is 6.40. The molecule has 27 heavy (non-hydrogen) atoms. The number of thioether (sulfide) groups is 1. The number of nitrogens with zero attached hydrogens (tertiary/aromatic N) is 2. The van der Waals surface area contributed by atoms with Gasteiger partial charge in [-0.05, 0) is 23.8 Å². The van der Waals surface area contributed by atoms with Crippen LogP contribution in [-0.4, -0.2) is 23.6 Å². The van der Waals surface area contributed by atoms with Crippen molar-refractivity contribution in [3.05, 3.63) is 71.0 Å². The highest BCUT2D eigenvalue weighted by Gasteiger charge is 2.17. The number of carbonyl (C=O) groups excluding carboxylic acids is 1. The van der Waals surface area contributed by atoms with Crippen molar-refractivity contribution >= 4 is 28.6 Å². The number of rotatable bonds is 7. The lowest BCUT2D eigenvalue weighted by atomic mass is 10.1. The number of benzene rings is 2. The molecule has 0 aliphatic heterocycles. The third-order valence-corrected chi connectivity index (χ3v) is 5.49. The van der Waals surface area contributed by atoms with E-state index in [1.54, 1.807) is 28.8 Å². The van der Waals surface area contributed by atoms with E-state index in [-0.39, 0.29) is 5.91 Å². The number of fused-ring (bicyclic) bond motifs is 1. The summed E-state index contributed by atoms with van der Waals surface area (Å²) in [6.45, 7) is 2.62. The van der Waals surface area contributed by atoms with Crippen LogP contribution < -0.4 is 0 Å².